The van der Waals surface area contributed by atoms with Crippen LogP contribution in [0.5, 0.6) is 0 Å². The molecule has 1 unspecified atom stereocenters. The van der Waals surface area contributed by atoms with Crippen molar-refractivity contribution in [1.29, 1.82) is 0 Å². The lowest BCUT2D eigenvalue weighted by Gasteiger charge is -2.14. The maximum Gasteiger partial charge on any atom is 0.314 e. The number of rotatable bonds is 5. The maximum atomic E-state index is 10.8. The van der Waals surface area contributed by atoms with Gasteiger partial charge in [-0.05, 0) is 12.3 Å². The van der Waals surface area contributed by atoms with Gasteiger partial charge in [0.1, 0.15) is 0 Å². The molecule has 0 saturated heterocycles. The molecule has 0 rings (SSSR count). The van der Waals surface area contributed by atoms with Crippen LogP contribution in [-0.2, 0) is 4.79 Å². The van der Waals surface area contributed by atoms with Crippen molar-refractivity contribution in [2.45, 2.75) is 20.3 Å². The third kappa shape index (κ3) is 5.40. The monoisotopic (exact) mass is 202 g/mol. The number of hydrogen-bond donors (Lipinski definition) is 3. The van der Waals surface area contributed by atoms with Gasteiger partial charge in [-0.25, -0.2) is 4.79 Å². The predicted molar refractivity (Wildman–Crippen MR) is 53.0 cm³/mol. The molecule has 3 N–H and O–H groups in total. The van der Waals surface area contributed by atoms with Crippen LogP contribution in [0.4, 0.5) is 4.79 Å². The minimum absolute atomic E-state index is 0.174. The van der Waals surface area contributed by atoms with Gasteiger partial charge in [0.25, 0.3) is 0 Å². The molecule has 0 bridgehead atoms. The predicted octanol–water partition coefficient (Wildman–Crippen LogP) is 0.662. The zero-order valence-corrected chi connectivity index (χ0v) is 8.83. The van der Waals surface area contributed by atoms with E-state index >= 15 is 0 Å². The SMILES string of the molecule is CNC(=O)NCC(CC(C)C)C(=O)O. The van der Waals surface area contributed by atoms with E-state index in [2.05, 4.69) is 10.6 Å². The summed E-state index contributed by atoms with van der Waals surface area (Å²) in [4.78, 5) is 21.6. The number of carboxylic acid groups (broad SMARTS) is 1. The van der Waals surface area contributed by atoms with Crippen molar-refractivity contribution in [3.05, 3.63) is 0 Å². The number of hydrogen-bond acceptors (Lipinski definition) is 2. The fourth-order valence-corrected chi connectivity index (χ4v) is 1.14. The topological polar surface area (TPSA) is 78.4 Å². The second-order valence-corrected chi connectivity index (χ2v) is 3.62. The molecule has 1 atom stereocenters. The van der Waals surface area contributed by atoms with Gasteiger partial charge in [-0.3, -0.25) is 4.79 Å². The normalized spacial score (nSPS) is 12.3. The molecule has 5 heteroatoms. The molecule has 0 aromatic rings. The summed E-state index contributed by atoms with van der Waals surface area (Å²) < 4.78 is 0. The van der Waals surface area contributed by atoms with Crippen molar-refractivity contribution in [2.75, 3.05) is 13.6 Å². The average molecular weight is 202 g/mol. The van der Waals surface area contributed by atoms with Crippen LogP contribution in [0.1, 0.15) is 20.3 Å². The lowest BCUT2D eigenvalue weighted by atomic mass is 9.97. The maximum absolute atomic E-state index is 10.8. The van der Waals surface area contributed by atoms with Crippen LogP contribution in [0.2, 0.25) is 0 Å². The molecule has 0 aromatic carbocycles. The van der Waals surface area contributed by atoms with Crippen molar-refractivity contribution in [3.63, 3.8) is 0 Å². The molecule has 0 saturated carbocycles. The van der Waals surface area contributed by atoms with Gasteiger partial charge in [0.05, 0.1) is 5.92 Å². The molecular formula is C9H18N2O3. The van der Waals surface area contributed by atoms with Gasteiger partial charge in [0.15, 0.2) is 0 Å². The number of carbonyl (C=O) groups is 2. The molecular weight excluding hydrogens is 184 g/mol. The van der Waals surface area contributed by atoms with Gasteiger partial charge in [-0.2, -0.15) is 0 Å². The Morgan fingerprint density at radius 3 is 2.29 bits per heavy atom. The van der Waals surface area contributed by atoms with E-state index in [1.165, 1.54) is 7.05 Å². The number of amides is 2. The van der Waals surface area contributed by atoms with Gasteiger partial charge >= 0.3 is 12.0 Å². The van der Waals surface area contributed by atoms with Crippen molar-refractivity contribution in [3.8, 4) is 0 Å². The summed E-state index contributed by atoms with van der Waals surface area (Å²) in [6.45, 7) is 4.08. The highest BCUT2D eigenvalue weighted by atomic mass is 16.4. The third-order valence-corrected chi connectivity index (χ3v) is 1.84. The molecule has 82 valence electrons. The van der Waals surface area contributed by atoms with Crippen LogP contribution in [0.25, 0.3) is 0 Å². The lowest BCUT2D eigenvalue weighted by molar-refractivity contribution is -0.142. The molecule has 0 aliphatic carbocycles. The Morgan fingerprint density at radius 2 is 1.93 bits per heavy atom. The van der Waals surface area contributed by atoms with Crippen LogP contribution in [-0.4, -0.2) is 30.7 Å². The number of carboxylic acids is 1. The summed E-state index contributed by atoms with van der Waals surface area (Å²) in [6.07, 6.45) is 0.569. The van der Waals surface area contributed by atoms with Crippen molar-refractivity contribution < 1.29 is 14.7 Å². The molecule has 0 spiro atoms. The van der Waals surface area contributed by atoms with Gasteiger partial charge in [0, 0.05) is 13.6 Å². The fourth-order valence-electron chi connectivity index (χ4n) is 1.14. The van der Waals surface area contributed by atoms with Gasteiger partial charge < -0.3 is 15.7 Å². The molecule has 0 radical (unpaired) electrons. The first kappa shape index (κ1) is 12.7. The van der Waals surface area contributed by atoms with Crippen molar-refractivity contribution in [1.82, 2.24) is 10.6 Å². The molecule has 0 aliphatic rings. The summed E-state index contributed by atoms with van der Waals surface area (Å²) in [5.74, 6) is -1.06. The summed E-state index contributed by atoms with van der Waals surface area (Å²) in [5.41, 5.74) is 0. The highest BCUT2D eigenvalue weighted by Crippen LogP contribution is 2.10. The molecule has 5 nitrogen and oxygen atoms in total. The summed E-state index contributed by atoms with van der Waals surface area (Å²) >= 11 is 0. The zero-order chi connectivity index (χ0) is 11.1. The molecule has 0 heterocycles. The van der Waals surface area contributed by atoms with E-state index < -0.39 is 11.9 Å². The zero-order valence-electron chi connectivity index (χ0n) is 8.83. The highest BCUT2D eigenvalue weighted by molar-refractivity contribution is 5.75. The molecule has 0 aromatic heterocycles. The first-order valence-corrected chi connectivity index (χ1v) is 4.65. The molecule has 2 amide bonds. The lowest BCUT2D eigenvalue weighted by Crippen LogP contribution is -2.38. The molecule has 0 aliphatic heterocycles. The van der Waals surface area contributed by atoms with E-state index in [-0.39, 0.29) is 12.6 Å². The van der Waals surface area contributed by atoms with Crippen LogP contribution >= 0.6 is 0 Å². The Labute approximate surface area is 83.9 Å². The van der Waals surface area contributed by atoms with E-state index in [4.69, 9.17) is 5.11 Å². The number of carbonyl (C=O) groups excluding carboxylic acids is 1. The first-order chi connectivity index (χ1) is 6.47. The van der Waals surface area contributed by atoms with E-state index in [0.29, 0.717) is 12.3 Å². The van der Waals surface area contributed by atoms with E-state index in [0.717, 1.165) is 0 Å². The summed E-state index contributed by atoms with van der Waals surface area (Å²) in [5, 5.41) is 13.7. The fraction of sp³-hybridized carbons (Fsp3) is 0.778. The van der Waals surface area contributed by atoms with Crippen LogP contribution in [0, 0.1) is 11.8 Å². The Balaban J connectivity index is 3.97. The van der Waals surface area contributed by atoms with Crippen LogP contribution < -0.4 is 10.6 Å². The van der Waals surface area contributed by atoms with E-state index in [1.54, 1.807) is 0 Å². The minimum atomic E-state index is -0.866. The summed E-state index contributed by atoms with van der Waals surface area (Å²) in [6, 6.07) is -0.347. The quantitative estimate of drug-likeness (QED) is 0.613. The third-order valence-electron chi connectivity index (χ3n) is 1.84. The number of urea groups is 1. The van der Waals surface area contributed by atoms with Gasteiger partial charge in [-0.15, -0.1) is 0 Å². The van der Waals surface area contributed by atoms with Crippen molar-refractivity contribution in [2.24, 2.45) is 11.8 Å². The number of nitrogens with one attached hydrogen (secondary N) is 2. The standard InChI is InChI=1S/C9H18N2O3/c1-6(2)4-7(8(12)13)5-11-9(14)10-3/h6-7H,4-5H2,1-3H3,(H,12,13)(H2,10,11,14). The number of aliphatic carboxylic acids is 1. The molecule has 0 fully saturated rings. The first-order valence-electron chi connectivity index (χ1n) is 4.65. The largest absolute Gasteiger partial charge is 0.481 e. The second-order valence-electron chi connectivity index (χ2n) is 3.62. The van der Waals surface area contributed by atoms with Gasteiger partial charge in [0.2, 0.25) is 0 Å². The molecule has 14 heavy (non-hydrogen) atoms. The Bertz CT molecular complexity index is 204. The van der Waals surface area contributed by atoms with Crippen LogP contribution in [0.3, 0.4) is 0 Å². The van der Waals surface area contributed by atoms with Gasteiger partial charge in [-0.1, -0.05) is 13.8 Å². The highest BCUT2D eigenvalue weighted by Gasteiger charge is 2.19. The Hall–Kier alpha value is -1.26. The minimum Gasteiger partial charge on any atom is -0.481 e. The van der Waals surface area contributed by atoms with Crippen LogP contribution in [0.15, 0.2) is 0 Å². The second kappa shape index (κ2) is 6.23. The van der Waals surface area contributed by atoms with E-state index in [1.807, 2.05) is 13.8 Å². The smallest absolute Gasteiger partial charge is 0.314 e. The Kier molecular flexibility index (Phi) is 5.67. The average Bonchev–Trinajstić information content (AvgIpc) is 2.10. The summed E-state index contributed by atoms with van der Waals surface area (Å²) in [7, 11) is 1.49. The Morgan fingerprint density at radius 1 is 1.36 bits per heavy atom. The van der Waals surface area contributed by atoms with Crippen molar-refractivity contribution >= 4 is 12.0 Å². The van der Waals surface area contributed by atoms with E-state index in [9.17, 15) is 9.59 Å².